The van der Waals surface area contributed by atoms with Gasteiger partial charge in [0.25, 0.3) is 0 Å². The summed E-state index contributed by atoms with van der Waals surface area (Å²) in [6.45, 7) is 4.71. The van der Waals surface area contributed by atoms with Crippen molar-refractivity contribution in [2.24, 2.45) is 17.1 Å². The summed E-state index contributed by atoms with van der Waals surface area (Å²) in [5.74, 6) is 0.637. The molecule has 0 amide bonds. The van der Waals surface area contributed by atoms with Crippen LogP contribution in [0.1, 0.15) is 45.1 Å². The van der Waals surface area contributed by atoms with Crippen LogP contribution in [0.4, 0.5) is 5.69 Å². The first-order valence-electron chi connectivity index (χ1n) is 6.92. The Balaban J connectivity index is 1.93. The quantitative estimate of drug-likeness (QED) is 0.863. The summed E-state index contributed by atoms with van der Waals surface area (Å²) in [6, 6.07) is 2.07. The third-order valence-electron chi connectivity index (χ3n) is 4.39. The monoisotopic (exact) mass is 247 g/mol. The van der Waals surface area contributed by atoms with E-state index in [2.05, 4.69) is 18.8 Å². The number of anilines is 1. The Kier molecular flexibility index (Phi) is 3.91. The Morgan fingerprint density at radius 3 is 2.67 bits per heavy atom. The highest BCUT2D eigenvalue weighted by Gasteiger charge is 2.30. The van der Waals surface area contributed by atoms with Crippen LogP contribution in [-0.4, -0.2) is 11.0 Å². The van der Waals surface area contributed by atoms with Crippen LogP contribution in [0.25, 0.3) is 0 Å². The molecule has 0 aliphatic heterocycles. The number of rotatable bonds is 3. The van der Waals surface area contributed by atoms with Gasteiger partial charge in [-0.3, -0.25) is 4.98 Å². The number of hydrogen-bond donors (Lipinski definition) is 2. The van der Waals surface area contributed by atoms with Gasteiger partial charge in [-0.25, -0.2) is 0 Å². The fourth-order valence-corrected chi connectivity index (χ4v) is 2.88. The molecule has 1 aliphatic carbocycles. The van der Waals surface area contributed by atoms with Crippen LogP contribution in [0.5, 0.6) is 0 Å². The van der Waals surface area contributed by atoms with Crippen LogP contribution in [0.15, 0.2) is 18.5 Å². The van der Waals surface area contributed by atoms with Gasteiger partial charge in [-0.1, -0.05) is 13.8 Å². The third-order valence-corrected chi connectivity index (χ3v) is 4.39. The zero-order chi connectivity index (χ0) is 13.2. The van der Waals surface area contributed by atoms with Gasteiger partial charge in [0.1, 0.15) is 0 Å². The first kappa shape index (κ1) is 13.3. The second kappa shape index (κ2) is 5.27. The van der Waals surface area contributed by atoms with Gasteiger partial charge in [-0.15, -0.1) is 0 Å². The standard InChI is InChI=1S/C15H25N3/c1-15(2)6-3-11(4-7-15)14(17)9-12-10-18-8-5-13(12)16/h5,8,10-11,14H,3-4,6-7,9,17H2,1-2H3,(H2,16,18). The van der Waals surface area contributed by atoms with Gasteiger partial charge in [0.05, 0.1) is 0 Å². The molecule has 3 heteroatoms. The minimum absolute atomic E-state index is 0.215. The summed E-state index contributed by atoms with van der Waals surface area (Å²) in [5, 5.41) is 0. The molecule has 1 aromatic rings. The minimum Gasteiger partial charge on any atom is -0.398 e. The van der Waals surface area contributed by atoms with Crippen molar-refractivity contribution in [2.45, 2.75) is 52.0 Å². The molecule has 2 rings (SSSR count). The predicted molar refractivity (Wildman–Crippen MR) is 76.1 cm³/mol. The first-order chi connectivity index (χ1) is 8.48. The SMILES string of the molecule is CC1(C)CCC(C(N)Cc2cnccc2N)CC1. The van der Waals surface area contributed by atoms with E-state index in [-0.39, 0.29) is 6.04 Å². The lowest BCUT2D eigenvalue weighted by atomic mass is 9.70. The van der Waals surface area contributed by atoms with E-state index in [1.165, 1.54) is 25.7 Å². The molecule has 1 saturated carbocycles. The average molecular weight is 247 g/mol. The molecule has 1 fully saturated rings. The van der Waals surface area contributed by atoms with Gasteiger partial charge in [0, 0.05) is 24.1 Å². The van der Waals surface area contributed by atoms with Crippen molar-refractivity contribution in [1.29, 1.82) is 0 Å². The number of aromatic nitrogens is 1. The molecule has 0 radical (unpaired) electrons. The number of nitrogens with two attached hydrogens (primary N) is 2. The van der Waals surface area contributed by atoms with E-state index in [1.54, 1.807) is 6.20 Å². The van der Waals surface area contributed by atoms with Gasteiger partial charge in [-0.05, 0) is 55.1 Å². The van der Waals surface area contributed by atoms with Crippen molar-refractivity contribution in [3.8, 4) is 0 Å². The van der Waals surface area contributed by atoms with E-state index in [0.29, 0.717) is 11.3 Å². The van der Waals surface area contributed by atoms with E-state index < -0.39 is 0 Å². The van der Waals surface area contributed by atoms with Crippen molar-refractivity contribution in [1.82, 2.24) is 4.98 Å². The zero-order valence-electron chi connectivity index (χ0n) is 11.5. The van der Waals surface area contributed by atoms with Crippen LogP contribution < -0.4 is 11.5 Å². The molecule has 100 valence electrons. The second-order valence-electron chi connectivity index (χ2n) is 6.44. The number of pyridine rings is 1. The molecule has 1 aliphatic rings. The minimum atomic E-state index is 0.215. The van der Waals surface area contributed by atoms with Crippen molar-refractivity contribution >= 4 is 5.69 Å². The lowest BCUT2D eigenvalue weighted by Crippen LogP contribution is -2.36. The van der Waals surface area contributed by atoms with Crippen LogP contribution in [0, 0.1) is 11.3 Å². The summed E-state index contributed by atoms with van der Waals surface area (Å²) in [7, 11) is 0. The smallest absolute Gasteiger partial charge is 0.0378 e. The van der Waals surface area contributed by atoms with Crippen LogP contribution in [-0.2, 0) is 6.42 Å². The highest BCUT2D eigenvalue weighted by Crippen LogP contribution is 2.39. The normalized spacial score (nSPS) is 21.7. The Labute approximate surface area is 110 Å². The van der Waals surface area contributed by atoms with E-state index in [0.717, 1.165) is 17.7 Å². The van der Waals surface area contributed by atoms with E-state index >= 15 is 0 Å². The number of nitrogen functional groups attached to an aromatic ring is 1. The van der Waals surface area contributed by atoms with Gasteiger partial charge in [0.2, 0.25) is 0 Å². The molecule has 4 N–H and O–H groups in total. The largest absolute Gasteiger partial charge is 0.398 e. The fourth-order valence-electron chi connectivity index (χ4n) is 2.88. The zero-order valence-corrected chi connectivity index (χ0v) is 11.5. The third kappa shape index (κ3) is 3.22. The van der Waals surface area contributed by atoms with Gasteiger partial charge < -0.3 is 11.5 Å². The Morgan fingerprint density at radius 2 is 2.06 bits per heavy atom. The molecular weight excluding hydrogens is 222 g/mol. The summed E-state index contributed by atoms with van der Waals surface area (Å²) in [4.78, 5) is 4.13. The molecule has 1 heterocycles. The second-order valence-corrected chi connectivity index (χ2v) is 6.44. The number of nitrogens with zero attached hydrogens (tertiary/aromatic N) is 1. The lowest BCUT2D eigenvalue weighted by Gasteiger charge is -2.37. The van der Waals surface area contributed by atoms with Crippen molar-refractivity contribution in [3.63, 3.8) is 0 Å². The molecule has 3 nitrogen and oxygen atoms in total. The maximum atomic E-state index is 6.35. The average Bonchev–Trinajstić information content (AvgIpc) is 2.32. The highest BCUT2D eigenvalue weighted by molar-refractivity contribution is 5.44. The fraction of sp³-hybridized carbons (Fsp3) is 0.667. The molecular formula is C15H25N3. The van der Waals surface area contributed by atoms with Gasteiger partial charge in [0.15, 0.2) is 0 Å². The van der Waals surface area contributed by atoms with E-state index in [9.17, 15) is 0 Å². The summed E-state index contributed by atoms with van der Waals surface area (Å²) in [6.07, 6.45) is 9.49. The molecule has 1 unspecified atom stereocenters. The Bertz CT molecular complexity index is 390. The van der Waals surface area contributed by atoms with Crippen molar-refractivity contribution < 1.29 is 0 Å². The van der Waals surface area contributed by atoms with Gasteiger partial charge in [-0.2, -0.15) is 0 Å². The topological polar surface area (TPSA) is 64.9 Å². The molecule has 0 bridgehead atoms. The molecule has 1 atom stereocenters. The van der Waals surface area contributed by atoms with E-state index in [1.807, 2.05) is 12.3 Å². The lowest BCUT2D eigenvalue weighted by molar-refractivity contribution is 0.173. The maximum Gasteiger partial charge on any atom is 0.0378 e. The van der Waals surface area contributed by atoms with Crippen LogP contribution >= 0.6 is 0 Å². The summed E-state index contributed by atoms with van der Waals surface area (Å²) < 4.78 is 0. The Morgan fingerprint density at radius 1 is 1.39 bits per heavy atom. The van der Waals surface area contributed by atoms with Crippen LogP contribution in [0.2, 0.25) is 0 Å². The molecule has 0 spiro atoms. The molecule has 1 aromatic heterocycles. The van der Waals surface area contributed by atoms with E-state index in [4.69, 9.17) is 11.5 Å². The summed E-state index contributed by atoms with van der Waals surface area (Å²) in [5.41, 5.74) is 14.7. The van der Waals surface area contributed by atoms with Crippen LogP contribution in [0.3, 0.4) is 0 Å². The number of hydrogen-bond acceptors (Lipinski definition) is 3. The molecule has 0 aromatic carbocycles. The Hall–Kier alpha value is -1.09. The maximum absolute atomic E-state index is 6.35. The predicted octanol–water partition coefficient (Wildman–Crippen LogP) is 2.75. The van der Waals surface area contributed by atoms with Gasteiger partial charge >= 0.3 is 0 Å². The highest BCUT2D eigenvalue weighted by atomic mass is 14.7. The first-order valence-corrected chi connectivity index (χ1v) is 6.92. The van der Waals surface area contributed by atoms with Crippen molar-refractivity contribution in [2.75, 3.05) is 5.73 Å². The summed E-state index contributed by atoms with van der Waals surface area (Å²) >= 11 is 0. The molecule has 18 heavy (non-hydrogen) atoms. The van der Waals surface area contributed by atoms with Crippen molar-refractivity contribution in [3.05, 3.63) is 24.0 Å². The molecule has 0 saturated heterocycles.